The minimum atomic E-state index is -1.02. The monoisotopic (exact) mass is 529 g/mol. The summed E-state index contributed by atoms with van der Waals surface area (Å²) in [5, 5.41) is 6.60. The van der Waals surface area contributed by atoms with E-state index in [2.05, 4.69) is 48.5 Å². The second kappa shape index (κ2) is 13.6. The molecule has 0 aliphatic heterocycles. The Hall–Kier alpha value is -1.61. The standard InChI is InChI=1S/C22H31N3O2S.HI/c1-17(2)16-27-20-12-10-19(11-13-20)18(3)25-22(23-4)24-14-15-28(26)21-8-6-5-7-9-21;/h5-13,17-18H,14-16H2,1-4H3,(H2,23,24,25);1H. The zero-order valence-electron chi connectivity index (χ0n) is 17.6. The second-order valence-corrected chi connectivity index (χ2v) is 8.57. The summed E-state index contributed by atoms with van der Waals surface area (Å²) < 4.78 is 18.0. The van der Waals surface area contributed by atoms with Crippen LogP contribution in [-0.2, 0) is 10.8 Å². The number of benzene rings is 2. The number of nitrogens with zero attached hydrogens (tertiary/aromatic N) is 1. The van der Waals surface area contributed by atoms with Gasteiger partial charge in [0.2, 0.25) is 0 Å². The number of aliphatic imine (C=N–C) groups is 1. The predicted molar refractivity (Wildman–Crippen MR) is 133 cm³/mol. The fourth-order valence-electron chi connectivity index (χ4n) is 2.55. The minimum absolute atomic E-state index is 0. The van der Waals surface area contributed by atoms with Crippen molar-refractivity contribution in [3.05, 3.63) is 60.2 Å². The molecule has 0 saturated carbocycles. The van der Waals surface area contributed by atoms with Gasteiger partial charge in [0.15, 0.2) is 5.96 Å². The molecule has 0 heterocycles. The highest BCUT2D eigenvalue weighted by atomic mass is 127. The van der Waals surface area contributed by atoms with E-state index in [0.717, 1.165) is 16.2 Å². The number of nitrogens with one attached hydrogen (secondary N) is 2. The van der Waals surface area contributed by atoms with Gasteiger partial charge in [0.1, 0.15) is 5.75 Å². The first-order valence-corrected chi connectivity index (χ1v) is 10.9. The van der Waals surface area contributed by atoms with Gasteiger partial charge < -0.3 is 15.4 Å². The summed E-state index contributed by atoms with van der Waals surface area (Å²) in [5.41, 5.74) is 1.15. The Morgan fingerprint density at radius 2 is 1.72 bits per heavy atom. The lowest BCUT2D eigenvalue weighted by Gasteiger charge is -2.19. The number of halogens is 1. The van der Waals surface area contributed by atoms with Gasteiger partial charge in [-0.2, -0.15) is 0 Å². The van der Waals surface area contributed by atoms with Crippen LogP contribution in [0, 0.1) is 5.92 Å². The largest absolute Gasteiger partial charge is 0.493 e. The summed E-state index contributed by atoms with van der Waals surface area (Å²) in [5.74, 6) is 2.61. The van der Waals surface area contributed by atoms with E-state index in [1.54, 1.807) is 7.05 Å². The second-order valence-electron chi connectivity index (χ2n) is 7.00. The lowest BCUT2D eigenvalue weighted by atomic mass is 10.1. The Morgan fingerprint density at radius 1 is 1.07 bits per heavy atom. The van der Waals surface area contributed by atoms with Crippen LogP contribution in [0.15, 0.2) is 64.5 Å². The maximum atomic E-state index is 12.3. The lowest BCUT2D eigenvalue weighted by molar-refractivity contribution is 0.271. The molecule has 160 valence electrons. The van der Waals surface area contributed by atoms with Crippen molar-refractivity contribution < 1.29 is 8.95 Å². The molecule has 7 heteroatoms. The maximum absolute atomic E-state index is 12.3. The molecule has 2 rings (SSSR count). The summed E-state index contributed by atoms with van der Waals surface area (Å²) in [6.07, 6.45) is 0. The van der Waals surface area contributed by atoms with E-state index >= 15 is 0 Å². The van der Waals surface area contributed by atoms with Gasteiger partial charge in [-0.15, -0.1) is 24.0 Å². The summed E-state index contributed by atoms with van der Waals surface area (Å²) in [7, 11) is 0.717. The third-order valence-electron chi connectivity index (χ3n) is 4.13. The quantitative estimate of drug-likeness (QED) is 0.288. The molecule has 2 atom stereocenters. The van der Waals surface area contributed by atoms with Gasteiger partial charge in [-0.25, -0.2) is 0 Å². The minimum Gasteiger partial charge on any atom is -0.493 e. The normalized spacial score (nSPS) is 13.3. The Morgan fingerprint density at radius 3 is 2.31 bits per heavy atom. The molecule has 0 radical (unpaired) electrons. The lowest BCUT2D eigenvalue weighted by Crippen LogP contribution is -2.40. The zero-order valence-corrected chi connectivity index (χ0v) is 20.7. The maximum Gasteiger partial charge on any atom is 0.191 e. The van der Waals surface area contributed by atoms with Gasteiger partial charge in [0.05, 0.1) is 23.4 Å². The Bertz CT molecular complexity index is 767. The summed E-state index contributed by atoms with van der Waals surface area (Å²) in [4.78, 5) is 5.11. The van der Waals surface area contributed by atoms with Gasteiger partial charge >= 0.3 is 0 Å². The van der Waals surface area contributed by atoms with Crippen molar-refractivity contribution in [3.8, 4) is 5.75 Å². The smallest absolute Gasteiger partial charge is 0.191 e. The van der Waals surface area contributed by atoms with Crippen LogP contribution >= 0.6 is 24.0 Å². The highest BCUT2D eigenvalue weighted by Gasteiger charge is 2.09. The van der Waals surface area contributed by atoms with E-state index in [1.165, 1.54) is 0 Å². The van der Waals surface area contributed by atoms with Crippen molar-refractivity contribution in [2.24, 2.45) is 10.9 Å². The van der Waals surface area contributed by atoms with E-state index in [0.29, 0.717) is 30.8 Å². The molecular weight excluding hydrogens is 497 g/mol. The Labute approximate surface area is 194 Å². The van der Waals surface area contributed by atoms with Crippen LogP contribution in [0.4, 0.5) is 0 Å². The molecule has 2 aromatic rings. The third-order valence-corrected chi connectivity index (χ3v) is 5.50. The van der Waals surface area contributed by atoms with Crippen molar-refractivity contribution in [2.75, 3.05) is 26.0 Å². The summed E-state index contributed by atoms with van der Waals surface area (Å²) in [6.45, 7) is 7.64. The van der Waals surface area contributed by atoms with Crippen molar-refractivity contribution in [2.45, 2.75) is 31.7 Å². The van der Waals surface area contributed by atoms with E-state index in [4.69, 9.17) is 4.74 Å². The molecule has 0 aromatic heterocycles. The van der Waals surface area contributed by atoms with Crippen molar-refractivity contribution in [1.82, 2.24) is 10.6 Å². The van der Waals surface area contributed by atoms with Crippen LogP contribution in [0.5, 0.6) is 5.75 Å². The fraction of sp³-hybridized carbons (Fsp3) is 0.409. The van der Waals surface area contributed by atoms with E-state index in [-0.39, 0.29) is 30.0 Å². The van der Waals surface area contributed by atoms with Crippen molar-refractivity contribution in [1.29, 1.82) is 0 Å². The molecule has 0 amide bonds. The average Bonchev–Trinajstić information content (AvgIpc) is 2.72. The van der Waals surface area contributed by atoms with Crippen LogP contribution in [0.25, 0.3) is 0 Å². The third kappa shape index (κ3) is 9.16. The first-order chi connectivity index (χ1) is 13.5. The Balaban J connectivity index is 0.00000420. The van der Waals surface area contributed by atoms with Crippen LogP contribution < -0.4 is 15.4 Å². The molecule has 2 N–H and O–H groups in total. The van der Waals surface area contributed by atoms with Crippen molar-refractivity contribution >= 4 is 40.7 Å². The summed E-state index contributed by atoms with van der Waals surface area (Å²) in [6, 6.07) is 17.7. The average molecular weight is 529 g/mol. The summed E-state index contributed by atoms with van der Waals surface area (Å²) >= 11 is 0. The number of hydrogen-bond donors (Lipinski definition) is 2. The topological polar surface area (TPSA) is 62.7 Å². The van der Waals surface area contributed by atoms with Gasteiger partial charge in [0.25, 0.3) is 0 Å². The highest BCUT2D eigenvalue weighted by Crippen LogP contribution is 2.18. The SMILES string of the molecule is CN=C(NCCS(=O)c1ccccc1)NC(C)c1ccc(OCC(C)C)cc1.I. The number of hydrogen-bond acceptors (Lipinski definition) is 3. The van der Waals surface area contributed by atoms with E-state index in [1.807, 2.05) is 42.5 Å². The van der Waals surface area contributed by atoms with Crippen LogP contribution in [0.3, 0.4) is 0 Å². The van der Waals surface area contributed by atoms with Gasteiger partial charge in [-0.3, -0.25) is 9.20 Å². The zero-order chi connectivity index (χ0) is 20.4. The first kappa shape index (κ1) is 25.4. The molecule has 0 fully saturated rings. The van der Waals surface area contributed by atoms with Crippen molar-refractivity contribution in [3.63, 3.8) is 0 Å². The van der Waals surface area contributed by atoms with Crippen LogP contribution in [-0.4, -0.2) is 36.1 Å². The van der Waals surface area contributed by atoms with Crippen LogP contribution in [0.2, 0.25) is 0 Å². The number of guanidine groups is 1. The molecule has 5 nitrogen and oxygen atoms in total. The van der Waals surface area contributed by atoms with E-state index in [9.17, 15) is 4.21 Å². The first-order valence-electron chi connectivity index (χ1n) is 9.63. The fourth-order valence-corrected chi connectivity index (χ4v) is 3.53. The predicted octanol–water partition coefficient (Wildman–Crippen LogP) is 4.37. The van der Waals surface area contributed by atoms with Crippen LogP contribution in [0.1, 0.15) is 32.4 Å². The molecular formula is C22H32IN3O2S. The molecule has 0 saturated heterocycles. The molecule has 0 aliphatic carbocycles. The molecule has 0 spiro atoms. The number of rotatable bonds is 9. The molecule has 2 unspecified atom stereocenters. The molecule has 29 heavy (non-hydrogen) atoms. The molecule has 0 bridgehead atoms. The van der Waals surface area contributed by atoms with Gasteiger partial charge in [-0.05, 0) is 42.7 Å². The molecule has 2 aromatic carbocycles. The van der Waals surface area contributed by atoms with Gasteiger partial charge in [0, 0.05) is 24.2 Å². The number of ether oxygens (including phenoxy) is 1. The molecule has 0 aliphatic rings. The Kier molecular flexibility index (Phi) is 11.9. The highest BCUT2D eigenvalue weighted by molar-refractivity contribution is 14.0. The van der Waals surface area contributed by atoms with E-state index < -0.39 is 10.8 Å². The van der Waals surface area contributed by atoms with Gasteiger partial charge in [-0.1, -0.05) is 44.2 Å².